The fraction of sp³-hybridized carbons (Fsp3) is 0.625. The summed E-state index contributed by atoms with van der Waals surface area (Å²) in [7, 11) is 0. The van der Waals surface area contributed by atoms with Crippen LogP contribution in [0.5, 0.6) is 0 Å². The highest BCUT2D eigenvalue weighted by molar-refractivity contribution is 5.34. The van der Waals surface area contributed by atoms with Crippen LogP contribution in [0.15, 0.2) is 18.2 Å². The van der Waals surface area contributed by atoms with Gasteiger partial charge in [0.25, 0.3) is 0 Å². The molecule has 0 nitrogen and oxygen atoms in total. The second-order valence-corrected chi connectivity index (χ2v) is 6.05. The van der Waals surface area contributed by atoms with Crippen LogP contribution < -0.4 is 0 Å². The molecular weight excluding hydrogens is 268 g/mol. The van der Waals surface area contributed by atoms with Crippen LogP contribution in [0.2, 0.25) is 0 Å². The third kappa shape index (κ3) is 3.15. The Bertz CT molecular complexity index is 454. The zero-order valence-electron chi connectivity index (χ0n) is 11.8. The Balaban J connectivity index is 2.26. The van der Waals surface area contributed by atoms with E-state index in [1.54, 1.807) is 0 Å². The number of hydrogen-bond acceptors (Lipinski definition) is 0. The molecule has 0 bridgehead atoms. The van der Waals surface area contributed by atoms with Crippen molar-refractivity contribution in [2.75, 3.05) is 0 Å². The van der Waals surface area contributed by atoms with Gasteiger partial charge in [0.05, 0.1) is 5.56 Å². The summed E-state index contributed by atoms with van der Waals surface area (Å²) in [5.74, 6) is 0.0710. The maximum atomic E-state index is 13.9. The average molecular weight is 288 g/mol. The molecule has 4 heteroatoms. The molecule has 1 fully saturated rings. The van der Waals surface area contributed by atoms with Gasteiger partial charge in [-0.05, 0) is 55.6 Å². The smallest absolute Gasteiger partial charge is 0.207 e. The highest BCUT2D eigenvalue weighted by atomic mass is 19.4. The molecule has 0 amide bonds. The minimum absolute atomic E-state index is 0.123. The molecule has 0 atom stereocenters. The molecule has 0 heterocycles. The van der Waals surface area contributed by atoms with Crippen molar-refractivity contribution in [3.63, 3.8) is 0 Å². The van der Waals surface area contributed by atoms with Crippen LogP contribution in [-0.2, 0) is 6.18 Å². The Morgan fingerprint density at radius 1 is 1.05 bits per heavy atom. The molecule has 0 N–H and O–H groups in total. The largest absolute Gasteiger partial charge is 0.416 e. The maximum absolute atomic E-state index is 13.9. The van der Waals surface area contributed by atoms with Crippen molar-refractivity contribution in [3.8, 4) is 0 Å². The van der Waals surface area contributed by atoms with E-state index >= 15 is 0 Å². The highest BCUT2D eigenvalue weighted by Crippen LogP contribution is 2.44. The van der Waals surface area contributed by atoms with Gasteiger partial charge in [-0.1, -0.05) is 19.9 Å². The molecule has 0 unspecified atom stereocenters. The summed E-state index contributed by atoms with van der Waals surface area (Å²) in [5.41, 5.74) is -0.923. The lowest BCUT2D eigenvalue weighted by molar-refractivity contribution is -0.138. The summed E-state index contributed by atoms with van der Waals surface area (Å²) in [6, 6.07) is 3.27. The van der Waals surface area contributed by atoms with Crippen LogP contribution in [0.4, 0.5) is 17.6 Å². The van der Waals surface area contributed by atoms with E-state index in [1.807, 2.05) is 0 Å². The lowest BCUT2D eigenvalue weighted by atomic mass is 9.74. The third-order valence-corrected chi connectivity index (χ3v) is 4.48. The molecule has 1 aliphatic rings. The molecule has 1 aliphatic carbocycles. The molecule has 20 heavy (non-hydrogen) atoms. The summed E-state index contributed by atoms with van der Waals surface area (Å²) in [4.78, 5) is 0. The highest BCUT2D eigenvalue weighted by Gasteiger charge is 2.37. The summed E-state index contributed by atoms with van der Waals surface area (Å²) in [5, 5.41) is 0. The van der Waals surface area contributed by atoms with Crippen LogP contribution >= 0.6 is 0 Å². The first-order valence-corrected chi connectivity index (χ1v) is 7.16. The molecule has 0 radical (unpaired) electrons. The minimum atomic E-state index is -4.48. The van der Waals surface area contributed by atoms with Gasteiger partial charge in [0.15, 0.2) is 0 Å². The summed E-state index contributed by atoms with van der Waals surface area (Å²) >= 11 is 0. The van der Waals surface area contributed by atoms with Crippen molar-refractivity contribution in [1.29, 1.82) is 0 Å². The molecule has 0 saturated heterocycles. The number of alkyl halides is 3. The van der Waals surface area contributed by atoms with Gasteiger partial charge in [-0.2, -0.15) is 13.2 Å². The maximum Gasteiger partial charge on any atom is 0.416 e. The molecule has 1 aromatic carbocycles. The fourth-order valence-electron chi connectivity index (χ4n) is 3.27. The lowest BCUT2D eigenvalue weighted by Gasteiger charge is -2.32. The van der Waals surface area contributed by atoms with Gasteiger partial charge in [-0.15, -0.1) is 0 Å². The third-order valence-electron chi connectivity index (χ3n) is 4.48. The van der Waals surface area contributed by atoms with Gasteiger partial charge in [-0.25, -0.2) is 4.39 Å². The van der Waals surface area contributed by atoms with E-state index < -0.39 is 17.6 Å². The first-order valence-electron chi connectivity index (χ1n) is 7.16. The summed E-state index contributed by atoms with van der Waals surface area (Å²) < 4.78 is 53.0. The fourth-order valence-corrected chi connectivity index (χ4v) is 3.27. The van der Waals surface area contributed by atoms with Gasteiger partial charge in [-0.3, -0.25) is 0 Å². The van der Waals surface area contributed by atoms with E-state index in [4.69, 9.17) is 0 Å². The predicted octanol–water partition coefficient (Wildman–Crippen LogP) is 5.77. The number of halogens is 4. The second-order valence-electron chi connectivity index (χ2n) is 6.05. The first-order chi connectivity index (χ1) is 9.30. The zero-order chi connectivity index (χ0) is 14.9. The van der Waals surface area contributed by atoms with Gasteiger partial charge >= 0.3 is 6.18 Å². The van der Waals surface area contributed by atoms with Crippen LogP contribution in [0.3, 0.4) is 0 Å². The normalized spacial score (nSPS) is 24.1. The molecule has 0 aliphatic heterocycles. The van der Waals surface area contributed by atoms with E-state index in [2.05, 4.69) is 13.8 Å². The monoisotopic (exact) mass is 288 g/mol. The molecule has 1 aromatic rings. The molecule has 112 valence electrons. The van der Waals surface area contributed by atoms with Gasteiger partial charge in [0.1, 0.15) is 5.82 Å². The van der Waals surface area contributed by atoms with Crippen molar-refractivity contribution in [2.24, 2.45) is 11.8 Å². The van der Waals surface area contributed by atoms with Gasteiger partial charge in [0.2, 0.25) is 0 Å². The Labute approximate surface area is 117 Å². The van der Waals surface area contributed by atoms with Gasteiger partial charge < -0.3 is 0 Å². The summed E-state index contributed by atoms with van der Waals surface area (Å²) in [6.45, 7) is 4.27. The Morgan fingerprint density at radius 2 is 1.65 bits per heavy atom. The zero-order valence-corrected chi connectivity index (χ0v) is 11.8. The Kier molecular flexibility index (Phi) is 4.40. The van der Waals surface area contributed by atoms with Crippen LogP contribution in [0, 0.1) is 17.7 Å². The van der Waals surface area contributed by atoms with Gasteiger partial charge in [0, 0.05) is 5.56 Å². The van der Waals surface area contributed by atoms with Crippen molar-refractivity contribution < 1.29 is 17.6 Å². The predicted molar refractivity (Wildman–Crippen MR) is 70.9 cm³/mol. The minimum Gasteiger partial charge on any atom is -0.207 e. The Hall–Kier alpha value is -1.06. The van der Waals surface area contributed by atoms with Crippen molar-refractivity contribution in [3.05, 3.63) is 35.1 Å². The molecule has 1 saturated carbocycles. The molecular formula is C16H20F4. The standard InChI is InChI=1S/C16H20F4/c1-10(2)11-6-8-12(9-7-11)15-13(16(18,19)20)4-3-5-14(15)17/h3-5,10-12H,6-9H2,1-2H3. The molecule has 2 rings (SSSR count). The van der Waals surface area contributed by atoms with E-state index in [9.17, 15) is 17.6 Å². The number of benzene rings is 1. The first kappa shape index (κ1) is 15.3. The van der Waals surface area contributed by atoms with E-state index in [-0.39, 0.29) is 11.5 Å². The van der Waals surface area contributed by atoms with E-state index in [1.165, 1.54) is 0 Å². The number of hydrogen-bond donors (Lipinski definition) is 0. The SMILES string of the molecule is CC(C)C1CCC(c2c(F)cccc2C(F)(F)F)CC1. The van der Waals surface area contributed by atoms with Crippen molar-refractivity contribution in [1.82, 2.24) is 0 Å². The van der Waals surface area contributed by atoms with Crippen molar-refractivity contribution in [2.45, 2.75) is 51.6 Å². The summed E-state index contributed by atoms with van der Waals surface area (Å²) in [6.07, 6.45) is -1.42. The average Bonchev–Trinajstić information content (AvgIpc) is 2.37. The second kappa shape index (κ2) is 5.74. The quantitative estimate of drug-likeness (QED) is 0.606. The van der Waals surface area contributed by atoms with E-state index in [0.717, 1.165) is 31.0 Å². The molecule has 0 spiro atoms. The lowest BCUT2D eigenvalue weighted by Crippen LogP contribution is -2.21. The van der Waals surface area contributed by atoms with Crippen molar-refractivity contribution >= 4 is 0 Å². The van der Waals surface area contributed by atoms with Crippen LogP contribution in [0.25, 0.3) is 0 Å². The molecule has 0 aromatic heterocycles. The van der Waals surface area contributed by atoms with Crippen LogP contribution in [-0.4, -0.2) is 0 Å². The topological polar surface area (TPSA) is 0 Å². The Morgan fingerprint density at radius 3 is 2.15 bits per heavy atom. The van der Waals surface area contributed by atoms with E-state index in [0.29, 0.717) is 24.7 Å². The number of rotatable bonds is 2. The van der Waals surface area contributed by atoms with Crippen LogP contribution in [0.1, 0.15) is 56.6 Å².